The largest absolute Gasteiger partial charge is 0.381 e. The fourth-order valence-electron chi connectivity index (χ4n) is 1.86. The highest BCUT2D eigenvalue weighted by Crippen LogP contribution is 2.34. The minimum Gasteiger partial charge on any atom is -0.381 e. The summed E-state index contributed by atoms with van der Waals surface area (Å²) in [4.78, 5) is 4.31. The highest BCUT2D eigenvalue weighted by atomic mass is 35.5. The molecule has 0 saturated carbocycles. The number of aromatic nitrogens is 1. The molecule has 0 aromatic carbocycles. The Labute approximate surface area is 93.3 Å². The van der Waals surface area contributed by atoms with Gasteiger partial charge in [-0.25, -0.2) is 4.98 Å². The van der Waals surface area contributed by atoms with E-state index < -0.39 is 0 Å². The Balaban J connectivity index is 2.04. The number of nitrogens with zero attached hydrogens (tertiary/aromatic N) is 1. The predicted molar refractivity (Wildman–Crippen MR) is 59.0 cm³/mol. The fraction of sp³-hybridized carbons (Fsp3) is 0.700. The molecule has 1 aromatic rings. The first kappa shape index (κ1) is 10.4. The van der Waals surface area contributed by atoms with Crippen LogP contribution in [0.1, 0.15) is 17.8 Å². The Bertz CT molecular complexity index is 270. The summed E-state index contributed by atoms with van der Waals surface area (Å²) in [7, 11) is 0. The predicted octanol–water partition coefficient (Wildman–Crippen LogP) is 2.72. The molecule has 1 unspecified atom stereocenters. The lowest BCUT2D eigenvalue weighted by molar-refractivity contribution is 0.00475. The van der Waals surface area contributed by atoms with Gasteiger partial charge in [-0.05, 0) is 12.8 Å². The van der Waals surface area contributed by atoms with Crippen LogP contribution in [0.15, 0.2) is 11.6 Å². The first-order chi connectivity index (χ1) is 6.85. The zero-order chi connectivity index (χ0) is 9.86. The van der Waals surface area contributed by atoms with Gasteiger partial charge in [0.2, 0.25) is 0 Å². The van der Waals surface area contributed by atoms with Gasteiger partial charge >= 0.3 is 0 Å². The quantitative estimate of drug-likeness (QED) is 0.747. The van der Waals surface area contributed by atoms with Crippen LogP contribution >= 0.6 is 22.9 Å². The van der Waals surface area contributed by atoms with Crippen molar-refractivity contribution in [3.05, 3.63) is 16.6 Å². The van der Waals surface area contributed by atoms with Gasteiger partial charge in [-0.2, -0.15) is 0 Å². The van der Waals surface area contributed by atoms with Gasteiger partial charge in [-0.1, -0.05) is 0 Å². The van der Waals surface area contributed by atoms with Gasteiger partial charge in [-0.15, -0.1) is 22.9 Å². The highest BCUT2D eigenvalue weighted by Gasteiger charge is 2.33. The van der Waals surface area contributed by atoms with Crippen molar-refractivity contribution < 1.29 is 4.74 Å². The standard InChI is InChI=1S/C10H14ClNOS/c11-7-10(2-1-4-13-8-10)6-9-12-3-5-14-9/h3,5H,1-2,4,6-8H2. The number of alkyl halides is 1. The molecule has 0 spiro atoms. The van der Waals surface area contributed by atoms with Gasteiger partial charge in [0.25, 0.3) is 0 Å². The molecule has 1 fully saturated rings. The van der Waals surface area contributed by atoms with Crippen molar-refractivity contribution in [2.24, 2.45) is 5.41 Å². The van der Waals surface area contributed by atoms with E-state index in [1.807, 2.05) is 11.6 Å². The zero-order valence-corrected chi connectivity index (χ0v) is 9.61. The second-order valence-corrected chi connectivity index (χ2v) is 5.14. The van der Waals surface area contributed by atoms with E-state index in [1.165, 1.54) is 5.01 Å². The Morgan fingerprint density at radius 1 is 1.64 bits per heavy atom. The van der Waals surface area contributed by atoms with Crippen LogP contribution in [0.2, 0.25) is 0 Å². The summed E-state index contributed by atoms with van der Waals surface area (Å²) in [6.07, 6.45) is 5.11. The lowest BCUT2D eigenvalue weighted by atomic mass is 9.81. The Morgan fingerprint density at radius 2 is 2.57 bits per heavy atom. The maximum absolute atomic E-state index is 6.05. The molecule has 78 valence electrons. The highest BCUT2D eigenvalue weighted by molar-refractivity contribution is 7.09. The van der Waals surface area contributed by atoms with Crippen LogP contribution in [0.25, 0.3) is 0 Å². The van der Waals surface area contributed by atoms with Crippen molar-refractivity contribution in [3.8, 4) is 0 Å². The average molecular weight is 232 g/mol. The Hall–Kier alpha value is -0.120. The molecule has 0 radical (unpaired) electrons. The summed E-state index contributed by atoms with van der Waals surface area (Å²) in [6.45, 7) is 1.67. The van der Waals surface area contributed by atoms with E-state index in [9.17, 15) is 0 Å². The number of hydrogen-bond donors (Lipinski definition) is 0. The van der Waals surface area contributed by atoms with E-state index >= 15 is 0 Å². The molecule has 0 N–H and O–H groups in total. The fourth-order valence-corrected chi connectivity index (χ4v) is 2.96. The van der Waals surface area contributed by atoms with Crippen molar-refractivity contribution >= 4 is 22.9 Å². The van der Waals surface area contributed by atoms with Crippen molar-refractivity contribution in [1.29, 1.82) is 0 Å². The molecular weight excluding hydrogens is 218 g/mol. The van der Waals surface area contributed by atoms with Crippen LogP contribution in [0.4, 0.5) is 0 Å². The molecule has 2 heterocycles. The Kier molecular flexibility index (Phi) is 3.42. The zero-order valence-electron chi connectivity index (χ0n) is 8.04. The Morgan fingerprint density at radius 3 is 3.14 bits per heavy atom. The van der Waals surface area contributed by atoms with Gasteiger partial charge in [0.1, 0.15) is 0 Å². The van der Waals surface area contributed by atoms with Gasteiger partial charge in [-0.3, -0.25) is 0 Å². The van der Waals surface area contributed by atoms with Crippen LogP contribution < -0.4 is 0 Å². The second-order valence-electron chi connectivity index (χ2n) is 3.89. The average Bonchev–Trinajstić information content (AvgIpc) is 2.72. The first-order valence-electron chi connectivity index (χ1n) is 4.87. The molecule has 0 amide bonds. The minimum absolute atomic E-state index is 0.137. The second kappa shape index (κ2) is 4.60. The van der Waals surface area contributed by atoms with E-state index in [4.69, 9.17) is 16.3 Å². The smallest absolute Gasteiger partial charge is 0.0931 e. The molecule has 2 nitrogen and oxygen atoms in total. The first-order valence-corrected chi connectivity index (χ1v) is 6.28. The summed E-state index contributed by atoms with van der Waals surface area (Å²) >= 11 is 7.76. The number of ether oxygens (including phenoxy) is 1. The van der Waals surface area contributed by atoms with Crippen LogP contribution in [0, 0.1) is 5.41 Å². The number of thiazole rings is 1. The SMILES string of the molecule is ClCC1(Cc2nccs2)CCCOC1. The van der Waals surface area contributed by atoms with E-state index in [0.717, 1.165) is 32.5 Å². The normalized spacial score (nSPS) is 27.8. The molecule has 0 bridgehead atoms. The third-order valence-electron chi connectivity index (χ3n) is 2.70. The summed E-state index contributed by atoms with van der Waals surface area (Å²) in [5, 5.41) is 3.19. The van der Waals surface area contributed by atoms with Crippen LogP contribution in [-0.4, -0.2) is 24.1 Å². The maximum atomic E-state index is 6.05. The summed E-state index contributed by atoms with van der Waals surface area (Å²) in [5.41, 5.74) is 0.137. The van der Waals surface area contributed by atoms with E-state index in [2.05, 4.69) is 4.98 Å². The van der Waals surface area contributed by atoms with Crippen LogP contribution in [-0.2, 0) is 11.2 Å². The molecule has 2 rings (SSSR count). The molecule has 0 aliphatic carbocycles. The molecule has 1 saturated heterocycles. The third-order valence-corrected chi connectivity index (χ3v) is 4.04. The lowest BCUT2D eigenvalue weighted by Gasteiger charge is -2.34. The maximum Gasteiger partial charge on any atom is 0.0931 e. The monoisotopic (exact) mass is 231 g/mol. The molecule has 4 heteroatoms. The molecule has 1 atom stereocenters. The number of rotatable bonds is 3. The lowest BCUT2D eigenvalue weighted by Crippen LogP contribution is -2.35. The van der Waals surface area contributed by atoms with Crippen molar-refractivity contribution in [1.82, 2.24) is 4.98 Å². The van der Waals surface area contributed by atoms with Gasteiger partial charge < -0.3 is 4.74 Å². The van der Waals surface area contributed by atoms with Crippen molar-refractivity contribution in [2.75, 3.05) is 19.1 Å². The van der Waals surface area contributed by atoms with Gasteiger partial charge in [0, 0.05) is 35.9 Å². The topological polar surface area (TPSA) is 22.1 Å². The molecule has 1 aliphatic rings. The van der Waals surface area contributed by atoms with Crippen molar-refractivity contribution in [3.63, 3.8) is 0 Å². The van der Waals surface area contributed by atoms with Crippen molar-refractivity contribution in [2.45, 2.75) is 19.3 Å². The number of hydrogen-bond acceptors (Lipinski definition) is 3. The molecule has 14 heavy (non-hydrogen) atoms. The van der Waals surface area contributed by atoms with E-state index in [0.29, 0.717) is 5.88 Å². The third kappa shape index (κ3) is 2.27. The van der Waals surface area contributed by atoms with Crippen LogP contribution in [0.5, 0.6) is 0 Å². The summed E-state index contributed by atoms with van der Waals surface area (Å²) < 4.78 is 5.52. The summed E-state index contributed by atoms with van der Waals surface area (Å²) in [5.74, 6) is 0.673. The van der Waals surface area contributed by atoms with Gasteiger partial charge in [0.05, 0.1) is 11.6 Å². The molecule has 1 aromatic heterocycles. The number of halogens is 1. The van der Waals surface area contributed by atoms with Gasteiger partial charge in [0.15, 0.2) is 0 Å². The molecular formula is C10H14ClNOS. The van der Waals surface area contributed by atoms with Crippen LogP contribution in [0.3, 0.4) is 0 Å². The van der Waals surface area contributed by atoms with E-state index in [1.54, 1.807) is 11.3 Å². The minimum atomic E-state index is 0.137. The van der Waals surface area contributed by atoms with E-state index in [-0.39, 0.29) is 5.41 Å². The molecule has 1 aliphatic heterocycles. The summed E-state index contributed by atoms with van der Waals surface area (Å²) in [6, 6.07) is 0.